The molecule has 0 atom stereocenters. The van der Waals surface area contributed by atoms with Crippen LogP contribution in [0.1, 0.15) is 6.42 Å². The summed E-state index contributed by atoms with van der Waals surface area (Å²) in [4.78, 5) is 12.0. The number of nitrogens with zero attached hydrogens (tertiary/aromatic N) is 1. The van der Waals surface area contributed by atoms with Crippen LogP contribution in [-0.2, 0) is 0 Å². The first kappa shape index (κ1) is 9.58. The predicted molar refractivity (Wildman–Crippen MR) is 51.6 cm³/mol. The van der Waals surface area contributed by atoms with E-state index in [2.05, 4.69) is 13.2 Å². The first-order valence-corrected chi connectivity index (χ1v) is 4.12. The molecular weight excluding hydrogens is 166 g/mol. The molecule has 0 aromatic carbocycles. The third-order valence-corrected chi connectivity index (χ3v) is 2.09. The number of amides is 1. The van der Waals surface area contributed by atoms with Gasteiger partial charge in [0.2, 0.25) is 0 Å². The van der Waals surface area contributed by atoms with Gasteiger partial charge in [-0.3, -0.25) is 0 Å². The SMILES string of the molecule is C=C/C=C1/CN(C(=O)O)CCC1=C. The predicted octanol–water partition coefficient (Wildman–Crippen LogP) is 2.04. The molecule has 1 fully saturated rings. The van der Waals surface area contributed by atoms with E-state index in [4.69, 9.17) is 5.11 Å². The van der Waals surface area contributed by atoms with Crippen molar-refractivity contribution in [3.05, 3.63) is 36.5 Å². The van der Waals surface area contributed by atoms with Gasteiger partial charge in [0, 0.05) is 13.1 Å². The number of hydrogen-bond acceptors (Lipinski definition) is 1. The van der Waals surface area contributed by atoms with Crippen molar-refractivity contribution in [2.75, 3.05) is 13.1 Å². The van der Waals surface area contributed by atoms with Crippen molar-refractivity contribution < 1.29 is 9.90 Å². The Morgan fingerprint density at radius 1 is 1.62 bits per heavy atom. The molecule has 0 bridgehead atoms. The zero-order valence-corrected chi connectivity index (χ0v) is 7.49. The number of piperidine rings is 1. The molecule has 13 heavy (non-hydrogen) atoms. The lowest BCUT2D eigenvalue weighted by atomic mass is 9.99. The Balaban J connectivity index is 2.74. The van der Waals surface area contributed by atoms with Crippen molar-refractivity contribution in [1.82, 2.24) is 4.90 Å². The molecule has 0 spiro atoms. The molecule has 1 amide bonds. The molecule has 0 aliphatic carbocycles. The molecule has 1 N–H and O–H groups in total. The lowest BCUT2D eigenvalue weighted by molar-refractivity contribution is 0.147. The van der Waals surface area contributed by atoms with Crippen molar-refractivity contribution in [3.8, 4) is 0 Å². The summed E-state index contributed by atoms with van der Waals surface area (Å²) >= 11 is 0. The van der Waals surface area contributed by atoms with Gasteiger partial charge in [-0.05, 0) is 17.6 Å². The summed E-state index contributed by atoms with van der Waals surface area (Å²) in [5.41, 5.74) is 1.97. The number of rotatable bonds is 1. The summed E-state index contributed by atoms with van der Waals surface area (Å²) in [5.74, 6) is 0. The lowest BCUT2D eigenvalue weighted by Crippen LogP contribution is -2.36. The minimum absolute atomic E-state index is 0.431. The average Bonchev–Trinajstić information content (AvgIpc) is 2.08. The fourth-order valence-corrected chi connectivity index (χ4v) is 1.30. The summed E-state index contributed by atoms with van der Waals surface area (Å²) in [6.45, 7) is 8.42. The highest BCUT2D eigenvalue weighted by molar-refractivity contribution is 5.66. The lowest BCUT2D eigenvalue weighted by Gasteiger charge is -2.27. The van der Waals surface area contributed by atoms with Crippen molar-refractivity contribution in [1.29, 1.82) is 0 Å². The fraction of sp³-hybridized carbons (Fsp3) is 0.300. The summed E-state index contributed by atoms with van der Waals surface area (Å²) in [6, 6.07) is 0. The van der Waals surface area contributed by atoms with E-state index in [1.54, 1.807) is 6.08 Å². The second kappa shape index (κ2) is 3.94. The quantitative estimate of drug-likeness (QED) is 0.669. The van der Waals surface area contributed by atoms with Gasteiger partial charge in [-0.15, -0.1) is 0 Å². The number of carboxylic acid groups (broad SMARTS) is 1. The second-order valence-corrected chi connectivity index (χ2v) is 2.99. The van der Waals surface area contributed by atoms with E-state index >= 15 is 0 Å². The van der Waals surface area contributed by atoms with E-state index in [1.165, 1.54) is 4.90 Å². The van der Waals surface area contributed by atoms with Crippen LogP contribution in [0.4, 0.5) is 4.79 Å². The first-order chi connectivity index (χ1) is 6.15. The Morgan fingerprint density at radius 3 is 2.85 bits per heavy atom. The molecule has 0 unspecified atom stereocenters. The number of allylic oxidation sites excluding steroid dienone is 2. The molecule has 1 saturated heterocycles. The van der Waals surface area contributed by atoms with Crippen molar-refractivity contribution in [3.63, 3.8) is 0 Å². The van der Waals surface area contributed by atoms with Gasteiger partial charge < -0.3 is 10.0 Å². The number of hydrogen-bond donors (Lipinski definition) is 1. The Hall–Kier alpha value is -1.51. The normalized spacial score (nSPS) is 20.5. The molecule has 1 rings (SSSR count). The smallest absolute Gasteiger partial charge is 0.407 e. The van der Waals surface area contributed by atoms with E-state index in [0.29, 0.717) is 19.5 Å². The Kier molecular flexibility index (Phi) is 2.90. The molecule has 1 aliphatic rings. The molecule has 70 valence electrons. The zero-order chi connectivity index (χ0) is 9.84. The number of likely N-dealkylation sites (tertiary alicyclic amines) is 1. The third-order valence-electron chi connectivity index (χ3n) is 2.09. The molecule has 0 aromatic heterocycles. The van der Waals surface area contributed by atoms with Crippen LogP contribution in [0, 0.1) is 0 Å². The second-order valence-electron chi connectivity index (χ2n) is 2.99. The van der Waals surface area contributed by atoms with Crippen LogP contribution in [0.15, 0.2) is 36.5 Å². The third kappa shape index (κ3) is 2.21. The van der Waals surface area contributed by atoms with Gasteiger partial charge in [0.1, 0.15) is 0 Å². The van der Waals surface area contributed by atoms with Gasteiger partial charge in [-0.2, -0.15) is 0 Å². The maximum absolute atomic E-state index is 10.7. The summed E-state index contributed by atoms with van der Waals surface area (Å²) in [6.07, 6.45) is 3.32. The van der Waals surface area contributed by atoms with Gasteiger partial charge >= 0.3 is 6.09 Å². The van der Waals surface area contributed by atoms with E-state index < -0.39 is 6.09 Å². The maximum atomic E-state index is 10.7. The first-order valence-electron chi connectivity index (χ1n) is 4.12. The topological polar surface area (TPSA) is 40.5 Å². The van der Waals surface area contributed by atoms with Crippen LogP contribution in [0.5, 0.6) is 0 Å². The molecular formula is C10H13NO2. The summed E-state index contributed by atoms with van der Waals surface area (Å²) < 4.78 is 0. The van der Waals surface area contributed by atoms with Gasteiger partial charge in [-0.1, -0.05) is 25.3 Å². The number of carbonyl (C=O) groups is 1. The van der Waals surface area contributed by atoms with Gasteiger partial charge in [-0.25, -0.2) is 4.79 Å². The molecule has 3 heteroatoms. The molecule has 0 saturated carbocycles. The molecule has 0 aromatic rings. The van der Waals surface area contributed by atoms with Crippen LogP contribution >= 0.6 is 0 Å². The minimum Gasteiger partial charge on any atom is -0.465 e. The van der Waals surface area contributed by atoms with Crippen LogP contribution in [0.25, 0.3) is 0 Å². The van der Waals surface area contributed by atoms with Gasteiger partial charge in [0.25, 0.3) is 0 Å². The van der Waals surface area contributed by atoms with E-state index in [0.717, 1.165) is 11.1 Å². The molecule has 1 heterocycles. The average molecular weight is 179 g/mol. The maximum Gasteiger partial charge on any atom is 0.407 e. The minimum atomic E-state index is -0.873. The van der Waals surface area contributed by atoms with Gasteiger partial charge in [0.05, 0.1) is 0 Å². The molecule has 1 aliphatic heterocycles. The Labute approximate surface area is 77.7 Å². The van der Waals surface area contributed by atoms with Crippen LogP contribution in [0.3, 0.4) is 0 Å². The zero-order valence-electron chi connectivity index (χ0n) is 7.49. The van der Waals surface area contributed by atoms with E-state index in [9.17, 15) is 4.79 Å². The fourth-order valence-electron chi connectivity index (χ4n) is 1.30. The van der Waals surface area contributed by atoms with Crippen molar-refractivity contribution in [2.45, 2.75) is 6.42 Å². The standard InChI is InChI=1S/C10H13NO2/c1-3-4-9-7-11(10(12)13)6-5-8(9)2/h3-4H,1-2,5-7H2,(H,12,13)/b9-4-. The monoisotopic (exact) mass is 179 g/mol. The van der Waals surface area contributed by atoms with Crippen LogP contribution < -0.4 is 0 Å². The highest BCUT2D eigenvalue weighted by Crippen LogP contribution is 2.20. The highest BCUT2D eigenvalue weighted by Gasteiger charge is 2.20. The van der Waals surface area contributed by atoms with Gasteiger partial charge in [0.15, 0.2) is 0 Å². The van der Waals surface area contributed by atoms with Crippen LogP contribution in [0.2, 0.25) is 0 Å². The Morgan fingerprint density at radius 2 is 2.31 bits per heavy atom. The van der Waals surface area contributed by atoms with E-state index in [1.807, 2.05) is 6.08 Å². The summed E-state index contributed by atoms with van der Waals surface area (Å²) in [7, 11) is 0. The van der Waals surface area contributed by atoms with Crippen molar-refractivity contribution >= 4 is 6.09 Å². The Bertz CT molecular complexity index is 279. The molecule has 3 nitrogen and oxygen atoms in total. The summed E-state index contributed by atoms with van der Waals surface area (Å²) in [5, 5.41) is 8.75. The van der Waals surface area contributed by atoms with Crippen LogP contribution in [-0.4, -0.2) is 29.2 Å². The van der Waals surface area contributed by atoms with E-state index in [-0.39, 0.29) is 0 Å². The highest BCUT2D eigenvalue weighted by atomic mass is 16.4. The van der Waals surface area contributed by atoms with Crippen molar-refractivity contribution in [2.24, 2.45) is 0 Å². The molecule has 0 radical (unpaired) electrons. The largest absolute Gasteiger partial charge is 0.465 e.